The molecule has 1 fully saturated rings. The molecule has 4 nitrogen and oxygen atoms in total. The summed E-state index contributed by atoms with van der Waals surface area (Å²) in [5.74, 6) is 0.0367. The SMILES string of the molecule is CC(=O)O/C=C/[C@@H](B1OC(C)(C)C(C)(C)O1)C(C)C. The van der Waals surface area contributed by atoms with E-state index in [4.69, 9.17) is 14.0 Å². The minimum atomic E-state index is -0.347. The Labute approximate surface area is 116 Å². The third-order valence-electron chi connectivity index (χ3n) is 3.89. The highest BCUT2D eigenvalue weighted by molar-refractivity contribution is 6.48. The number of esters is 1. The zero-order valence-corrected chi connectivity index (χ0v) is 13.0. The van der Waals surface area contributed by atoms with Gasteiger partial charge in [0.05, 0.1) is 17.5 Å². The third-order valence-corrected chi connectivity index (χ3v) is 3.89. The van der Waals surface area contributed by atoms with Crippen molar-refractivity contribution in [3.05, 3.63) is 12.3 Å². The monoisotopic (exact) mass is 268 g/mol. The van der Waals surface area contributed by atoms with E-state index in [9.17, 15) is 4.79 Å². The first-order valence-corrected chi connectivity index (χ1v) is 6.76. The van der Waals surface area contributed by atoms with Gasteiger partial charge < -0.3 is 14.0 Å². The lowest BCUT2D eigenvalue weighted by Gasteiger charge is -2.32. The predicted octanol–water partition coefficient (Wildman–Crippen LogP) is 3.18. The third kappa shape index (κ3) is 3.83. The lowest BCUT2D eigenvalue weighted by Crippen LogP contribution is -2.41. The van der Waals surface area contributed by atoms with Gasteiger partial charge in [0.2, 0.25) is 0 Å². The fourth-order valence-electron chi connectivity index (χ4n) is 1.90. The van der Waals surface area contributed by atoms with Crippen LogP contribution in [0.4, 0.5) is 0 Å². The second kappa shape index (κ2) is 5.67. The van der Waals surface area contributed by atoms with Crippen molar-refractivity contribution in [3.8, 4) is 0 Å². The number of carbonyl (C=O) groups excluding carboxylic acids is 1. The molecule has 19 heavy (non-hydrogen) atoms. The molecule has 0 unspecified atom stereocenters. The number of carbonyl (C=O) groups is 1. The van der Waals surface area contributed by atoms with Crippen LogP contribution in [0.5, 0.6) is 0 Å². The van der Waals surface area contributed by atoms with E-state index >= 15 is 0 Å². The van der Waals surface area contributed by atoms with E-state index in [-0.39, 0.29) is 30.1 Å². The summed E-state index contributed by atoms with van der Waals surface area (Å²) < 4.78 is 16.9. The zero-order chi connectivity index (χ0) is 14.8. The highest BCUT2D eigenvalue weighted by Crippen LogP contribution is 2.42. The summed E-state index contributed by atoms with van der Waals surface area (Å²) in [5, 5.41) is 0. The molecule has 108 valence electrons. The van der Waals surface area contributed by atoms with Gasteiger partial charge in [-0.3, -0.25) is 4.79 Å². The van der Waals surface area contributed by atoms with Gasteiger partial charge in [-0.05, 0) is 39.7 Å². The Morgan fingerprint density at radius 2 is 1.63 bits per heavy atom. The van der Waals surface area contributed by atoms with Gasteiger partial charge in [0.25, 0.3) is 0 Å². The smallest absolute Gasteiger partial charge is 0.435 e. The number of rotatable bonds is 4. The van der Waals surface area contributed by atoms with Crippen LogP contribution in [0.15, 0.2) is 12.3 Å². The molecule has 0 spiro atoms. The topological polar surface area (TPSA) is 44.8 Å². The molecule has 0 aromatic rings. The average Bonchev–Trinajstić information content (AvgIpc) is 2.41. The minimum Gasteiger partial charge on any atom is -0.435 e. The van der Waals surface area contributed by atoms with Crippen LogP contribution in [-0.4, -0.2) is 24.3 Å². The summed E-state index contributed by atoms with van der Waals surface area (Å²) in [5.41, 5.74) is -0.694. The first-order chi connectivity index (χ1) is 8.57. The van der Waals surface area contributed by atoms with Gasteiger partial charge in [0, 0.05) is 12.7 Å². The normalized spacial score (nSPS) is 23.1. The van der Waals surface area contributed by atoms with Crippen LogP contribution in [0.2, 0.25) is 5.82 Å². The van der Waals surface area contributed by atoms with Crippen LogP contribution >= 0.6 is 0 Å². The zero-order valence-electron chi connectivity index (χ0n) is 13.0. The van der Waals surface area contributed by atoms with Gasteiger partial charge in [-0.25, -0.2) is 0 Å². The standard InChI is InChI=1S/C14H25BO4/c1-10(2)12(8-9-17-11(3)16)15-18-13(4,5)14(6,7)19-15/h8-10,12H,1-7H3/b9-8+/t12-/m1/s1. The molecule has 0 amide bonds. The lowest BCUT2D eigenvalue weighted by molar-refractivity contribution is -0.135. The Morgan fingerprint density at radius 1 is 1.16 bits per heavy atom. The van der Waals surface area contributed by atoms with E-state index in [1.54, 1.807) is 0 Å². The van der Waals surface area contributed by atoms with Crippen LogP contribution in [0.3, 0.4) is 0 Å². The van der Waals surface area contributed by atoms with Gasteiger partial charge >= 0.3 is 13.1 Å². The molecule has 0 saturated carbocycles. The quantitative estimate of drug-likeness (QED) is 0.446. The van der Waals surface area contributed by atoms with Crippen molar-refractivity contribution in [2.24, 2.45) is 5.92 Å². The lowest BCUT2D eigenvalue weighted by atomic mass is 9.66. The molecule has 0 aliphatic carbocycles. The Balaban J connectivity index is 2.80. The molecule has 1 aliphatic rings. The largest absolute Gasteiger partial charge is 0.465 e. The van der Waals surface area contributed by atoms with E-state index in [0.717, 1.165) is 0 Å². The van der Waals surface area contributed by atoms with Crippen molar-refractivity contribution in [2.45, 2.75) is 65.5 Å². The summed E-state index contributed by atoms with van der Waals surface area (Å²) >= 11 is 0. The van der Waals surface area contributed by atoms with Crippen LogP contribution in [0, 0.1) is 5.92 Å². The minimum absolute atomic E-state index is 0.0420. The molecule has 0 bridgehead atoms. The maximum Gasteiger partial charge on any atom is 0.465 e. The highest BCUT2D eigenvalue weighted by atomic mass is 16.7. The van der Waals surface area contributed by atoms with Crippen molar-refractivity contribution in [2.75, 3.05) is 0 Å². The van der Waals surface area contributed by atoms with Gasteiger partial charge in [-0.15, -0.1) is 0 Å². The van der Waals surface area contributed by atoms with Crippen molar-refractivity contribution in [1.29, 1.82) is 0 Å². The van der Waals surface area contributed by atoms with Gasteiger partial charge in [-0.2, -0.15) is 0 Å². The fraction of sp³-hybridized carbons (Fsp3) is 0.786. The van der Waals surface area contributed by atoms with Gasteiger partial charge in [0.1, 0.15) is 0 Å². The first kappa shape index (κ1) is 16.2. The Hall–Kier alpha value is -0.805. The Morgan fingerprint density at radius 3 is 2.00 bits per heavy atom. The maximum absolute atomic E-state index is 10.8. The molecule has 0 aromatic heterocycles. The van der Waals surface area contributed by atoms with E-state index in [1.165, 1.54) is 13.2 Å². The Kier molecular flexibility index (Phi) is 4.85. The molecular weight excluding hydrogens is 243 g/mol. The fourth-order valence-corrected chi connectivity index (χ4v) is 1.90. The number of ether oxygens (including phenoxy) is 1. The molecule has 1 saturated heterocycles. The highest BCUT2D eigenvalue weighted by Gasteiger charge is 2.53. The summed E-state index contributed by atoms with van der Waals surface area (Å²) in [4.78, 5) is 10.8. The van der Waals surface area contributed by atoms with Crippen LogP contribution in [0.1, 0.15) is 48.5 Å². The summed E-state index contributed by atoms with van der Waals surface area (Å²) in [7, 11) is -0.322. The Bertz CT molecular complexity index is 344. The predicted molar refractivity (Wildman–Crippen MR) is 75.6 cm³/mol. The van der Waals surface area contributed by atoms with Crippen molar-refractivity contribution in [3.63, 3.8) is 0 Å². The van der Waals surface area contributed by atoms with E-state index < -0.39 is 0 Å². The maximum atomic E-state index is 10.8. The average molecular weight is 268 g/mol. The number of allylic oxidation sites excluding steroid dienone is 1. The van der Waals surface area contributed by atoms with Gasteiger partial charge in [-0.1, -0.05) is 13.8 Å². The molecule has 0 radical (unpaired) electrons. The second-order valence-corrected chi connectivity index (χ2v) is 6.38. The molecule has 1 aliphatic heterocycles. The van der Waals surface area contributed by atoms with Crippen LogP contribution in [-0.2, 0) is 18.8 Å². The molecule has 1 heterocycles. The van der Waals surface area contributed by atoms with Crippen LogP contribution < -0.4 is 0 Å². The number of hydrogen-bond acceptors (Lipinski definition) is 4. The van der Waals surface area contributed by atoms with E-state index in [1.807, 2.05) is 33.8 Å². The number of hydrogen-bond donors (Lipinski definition) is 0. The van der Waals surface area contributed by atoms with Crippen LogP contribution in [0.25, 0.3) is 0 Å². The van der Waals surface area contributed by atoms with Crippen molar-refractivity contribution >= 4 is 13.1 Å². The molecule has 0 aromatic carbocycles. The van der Waals surface area contributed by atoms with E-state index in [2.05, 4.69) is 13.8 Å². The summed E-state index contributed by atoms with van der Waals surface area (Å²) in [6.07, 6.45) is 3.27. The summed E-state index contributed by atoms with van der Waals surface area (Å²) in [6, 6.07) is 0. The second-order valence-electron chi connectivity index (χ2n) is 6.38. The summed E-state index contributed by atoms with van der Waals surface area (Å²) in [6.45, 7) is 13.7. The van der Waals surface area contributed by atoms with Crippen molar-refractivity contribution < 1.29 is 18.8 Å². The first-order valence-electron chi connectivity index (χ1n) is 6.76. The molecule has 0 N–H and O–H groups in total. The van der Waals surface area contributed by atoms with Crippen molar-refractivity contribution in [1.82, 2.24) is 0 Å². The molecular formula is C14H25BO4. The molecule has 1 rings (SSSR count). The molecule has 5 heteroatoms. The molecule has 1 atom stereocenters. The van der Waals surface area contributed by atoms with Gasteiger partial charge in [0.15, 0.2) is 0 Å². The van der Waals surface area contributed by atoms with E-state index in [0.29, 0.717) is 5.92 Å².